The maximum Gasteiger partial charge on any atom is 0.229 e. The second-order valence-corrected chi connectivity index (χ2v) is 5.53. The van der Waals surface area contributed by atoms with Crippen LogP contribution in [-0.4, -0.2) is 9.97 Å². The van der Waals surface area contributed by atoms with Crippen molar-refractivity contribution < 1.29 is 0 Å². The van der Waals surface area contributed by atoms with Gasteiger partial charge in [-0.05, 0) is 55.8 Å². The van der Waals surface area contributed by atoms with Crippen LogP contribution in [0.2, 0.25) is 0 Å². The molecule has 2 aromatic carbocycles. The zero-order valence-corrected chi connectivity index (χ0v) is 13.5. The number of nitrogens with one attached hydrogen (secondary N) is 2. The average Bonchev–Trinajstić information content (AvgIpc) is 2.55. The second kappa shape index (κ2) is 6.80. The first-order valence-corrected chi connectivity index (χ1v) is 7.59. The van der Waals surface area contributed by atoms with Crippen molar-refractivity contribution >= 4 is 23.1 Å². The molecule has 0 aliphatic carbocycles. The molecular formula is C19H17N5. The van der Waals surface area contributed by atoms with Crippen LogP contribution in [0.1, 0.15) is 16.8 Å². The summed E-state index contributed by atoms with van der Waals surface area (Å²) in [7, 11) is 0. The molecule has 5 nitrogen and oxygen atoms in total. The highest BCUT2D eigenvalue weighted by molar-refractivity contribution is 5.61. The molecule has 0 amide bonds. The van der Waals surface area contributed by atoms with E-state index in [1.807, 2.05) is 50.2 Å². The number of nitriles is 1. The monoisotopic (exact) mass is 315 g/mol. The van der Waals surface area contributed by atoms with Crippen molar-refractivity contribution in [1.82, 2.24) is 9.97 Å². The van der Waals surface area contributed by atoms with E-state index in [0.29, 0.717) is 11.5 Å². The van der Waals surface area contributed by atoms with Crippen molar-refractivity contribution in [2.45, 2.75) is 13.8 Å². The predicted octanol–water partition coefficient (Wildman–Crippen LogP) is 4.45. The summed E-state index contributed by atoms with van der Waals surface area (Å²) in [5.41, 5.74) is 4.48. The Bertz CT molecular complexity index is 894. The molecule has 1 aromatic heterocycles. The SMILES string of the molecule is Cc1cccc(Nc2cc(C)nc(Nc3ccc(C#N)cc3)n2)c1. The number of anilines is 4. The van der Waals surface area contributed by atoms with Crippen LogP contribution in [0, 0.1) is 25.2 Å². The van der Waals surface area contributed by atoms with Crippen molar-refractivity contribution in [2.24, 2.45) is 0 Å². The molecule has 3 rings (SSSR count). The first kappa shape index (κ1) is 15.5. The quantitative estimate of drug-likeness (QED) is 0.744. The van der Waals surface area contributed by atoms with E-state index in [4.69, 9.17) is 5.26 Å². The van der Waals surface area contributed by atoms with Gasteiger partial charge in [0.2, 0.25) is 5.95 Å². The van der Waals surface area contributed by atoms with E-state index in [-0.39, 0.29) is 0 Å². The molecule has 24 heavy (non-hydrogen) atoms. The van der Waals surface area contributed by atoms with Crippen LogP contribution >= 0.6 is 0 Å². The predicted molar refractivity (Wildman–Crippen MR) is 95.7 cm³/mol. The van der Waals surface area contributed by atoms with Crippen LogP contribution in [0.15, 0.2) is 54.6 Å². The van der Waals surface area contributed by atoms with Crippen molar-refractivity contribution in [3.8, 4) is 6.07 Å². The minimum Gasteiger partial charge on any atom is -0.340 e. The summed E-state index contributed by atoms with van der Waals surface area (Å²) in [6, 6.07) is 19.3. The summed E-state index contributed by atoms with van der Waals surface area (Å²) in [5.74, 6) is 1.24. The van der Waals surface area contributed by atoms with Gasteiger partial charge in [-0.1, -0.05) is 12.1 Å². The lowest BCUT2D eigenvalue weighted by molar-refractivity contribution is 1.11. The summed E-state index contributed by atoms with van der Waals surface area (Å²) in [6.07, 6.45) is 0. The van der Waals surface area contributed by atoms with Gasteiger partial charge in [-0.15, -0.1) is 0 Å². The van der Waals surface area contributed by atoms with Crippen molar-refractivity contribution in [3.63, 3.8) is 0 Å². The summed E-state index contributed by atoms with van der Waals surface area (Å²) in [6.45, 7) is 3.97. The van der Waals surface area contributed by atoms with Gasteiger partial charge in [0.25, 0.3) is 0 Å². The average molecular weight is 315 g/mol. The van der Waals surface area contributed by atoms with Gasteiger partial charge in [0, 0.05) is 23.1 Å². The van der Waals surface area contributed by atoms with E-state index < -0.39 is 0 Å². The van der Waals surface area contributed by atoms with Gasteiger partial charge in [0.05, 0.1) is 11.6 Å². The Morgan fingerprint density at radius 2 is 1.67 bits per heavy atom. The number of aromatic nitrogens is 2. The standard InChI is InChI=1S/C19H17N5/c1-13-4-3-5-17(10-13)22-18-11-14(2)21-19(24-18)23-16-8-6-15(12-20)7-9-16/h3-11H,1-2H3,(H2,21,22,23,24). The third kappa shape index (κ3) is 3.87. The molecule has 0 spiro atoms. The van der Waals surface area contributed by atoms with E-state index in [0.717, 1.165) is 22.9 Å². The van der Waals surface area contributed by atoms with Crippen LogP contribution in [0.4, 0.5) is 23.1 Å². The van der Waals surface area contributed by atoms with E-state index in [1.165, 1.54) is 5.56 Å². The number of aryl methyl sites for hydroxylation is 2. The smallest absolute Gasteiger partial charge is 0.229 e. The summed E-state index contributed by atoms with van der Waals surface area (Å²) < 4.78 is 0. The lowest BCUT2D eigenvalue weighted by atomic mass is 10.2. The highest BCUT2D eigenvalue weighted by Crippen LogP contribution is 2.20. The fourth-order valence-corrected chi connectivity index (χ4v) is 2.32. The Labute approximate surface area is 141 Å². The van der Waals surface area contributed by atoms with Gasteiger partial charge in [-0.2, -0.15) is 10.2 Å². The molecule has 0 saturated carbocycles. The van der Waals surface area contributed by atoms with Crippen LogP contribution in [0.5, 0.6) is 0 Å². The minimum absolute atomic E-state index is 0.509. The molecule has 3 aromatic rings. The van der Waals surface area contributed by atoms with E-state index in [1.54, 1.807) is 12.1 Å². The maximum atomic E-state index is 8.85. The summed E-state index contributed by atoms with van der Waals surface area (Å²) >= 11 is 0. The number of hydrogen-bond acceptors (Lipinski definition) is 5. The molecule has 0 saturated heterocycles. The minimum atomic E-state index is 0.509. The van der Waals surface area contributed by atoms with Crippen LogP contribution < -0.4 is 10.6 Å². The fourth-order valence-electron chi connectivity index (χ4n) is 2.32. The summed E-state index contributed by atoms with van der Waals surface area (Å²) in [5, 5.41) is 15.3. The van der Waals surface area contributed by atoms with Gasteiger partial charge >= 0.3 is 0 Å². The number of nitrogens with zero attached hydrogens (tertiary/aromatic N) is 3. The van der Waals surface area contributed by atoms with Crippen LogP contribution in [0.3, 0.4) is 0 Å². The molecule has 118 valence electrons. The normalized spacial score (nSPS) is 10.0. The number of benzene rings is 2. The number of rotatable bonds is 4. The van der Waals surface area contributed by atoms with Crippen molar-refractivity contribution in [2.75, 3.05) is 10.6 Å². The molecule has 1 heterocycles. The molecule has 0 fully saturated rings. The number of hydrogen-bond donors (Lipinski definition) is 2. The lowest BCUT2D eigenvalue weighted by Crippen LogP contribution is -2.02. The van der Waals surface area contributed by atoms with Crippen molar-refractivity contribution in [3.05, 3.63) is 71.4 Å². The molecule has 0 aliphatic rings. The molecule has 5 heteroatoms. The van der Waals surface area contributed by atoms with Crippen LogP contribution in [-0.2, 0) is 0 Å². The third-order valence-electron chi connectivity index (χ3n) is 3.41. The van der Waals surface area contributed by atoms with E-state index >= 15 is 0 Å². The largest absolute Gasteiger partial charge is 0.340 e. The molecule has 0 radical (unpaired) electrons. The maximum absolute atomic E-state index is 8.85. The van der Waals surface area contributed by atoms with E-state index in [9.17, 15) is 0 Å². The van der Waals surface area contributed by atoms with Gasteiger partial charge in [-0.25, -0.2) is 4.98 Å². The zero-order valence-electron chi connectivity index (χ0n) is 13.5. The van der Waals surface area contributed by atoms with Gasteiger partial charge < -0.3 is 10.6 Å². The molecule has 0 bridgehead atoms. The lowest BCUT2D eigenvalue weighted by Gasteiger charge is -2.10. The first-order valence-electron chi connectivity index (χ1n) is 7.59. The topological polar surface area (TPSA) is 73.6 Å². The first-order chi connectivity index (χ1) is 11.6. The molecule has 0 unspecified atom stereocenters. The zero-order chi connectivity index (χ0) is 16.9. The van der Waals surface area contributed by atoms with Gasteiger partial charge in [0.1, 0.15) is 5.82 Å². The van der Waals surface area contributed by atoms with Gasteiger partial charge in [0.15, 0.2) is 0 Å². The van der Waals surface area contributed by atoms with Crippen molar-refractivity contribution in [1.29, 1.82) is 5.26 Å². The Hall–Kier alpha value is -3.39. The van der Waals surface area contributed by atoms with Crippen LogP contribution in [0.25, 0.3) is 0 Å². The molecule has 2 N–H and O–H groups in total. The van der Waals surface area contributed by atoms with Gasteiger partial charge in [-0.3, -0.25) is 0 Å². The third-order valence-corrected chi connectivity index (χ3v) is 3.41. The Morgan fingerprint density at radius 1 is 0.875 bits per heavy atom. The Balaban J connectivity index is 1.81. The Kier molecular flexibility index (Phi) is 4.39. The molecule has 0 atom stereocenters. The summed E-state index contributed by atoms with van der Waals surface area (Å²) in [4.78, 5) is 8.90. The fraction of sp³-hybridized carbons (Fsp3) is 0.105. The molecule has 0 aliphatic heterocycles. The molecular weight excluding hydrogens is 298 g/mol. The second-order valence-electron chi connectivity index (χ2n) is 5.53. The highest BCUT2D eigenvalue weighted by Gasteiger charge is 2.04. The van der Waals surface area contributed by atoms with E-state index in [2.05, 4.69) is 32.7 Å². The Morgan fingerprint density at radius 3 is 2.38 bits per heavy atom. The highest BCUT2D eigenvalue weighted by atomic mass is 15.1.